The molecule has 5 aromatic carbocycles. The summed E-state index contributed by atoms with van der Waals surface area (Å²) in [6.45, 7) is 0.665. The Morgan fingerprint density at radius 2 is 1.20 bits per heavy atom. The number of halogens is 1. The number of carbonyl (C=O) groups excluding carboxylic acids is 2. The quantitative estimate of drug-likeness (QED) is 0.0202. The molecule has 0 saturated carbocycles. The number of ether oxygens (including phenoxy) is 2. The van der Waals surface area contributed by atoms with Crippen molar-refractivity contribution in [1.82, 2.24) is 5.43 Å². The van der Waals surface area contributed by atoms with E-state index in [2.05, 4.69) is 10.5 Å². The fraction of sp³-hybridized carbons (Fsp3) is 0.107. The van der Waals surface area contributed by atoms with Crippen molar-refractivity contribution in [3.8, 4) is 11.5 Å². The zero-order valence-electron chi connectivity index (χ0n) is 26.5. The van der Waals surface area contributed by atoms with Crippen LogP contribution in [0, 0.1) is 0 Å². The molecule has 0 aliphatic rings. The van der Waals surface area contributed by atoms with Crippen molar-refractivity contribution >= 4 is 92.4 Å². The van der Waals surface area contributed by atoms with E-state index in [0.29, 0.717) is 11.6 Å². The number of rotatable bonds is 10. The average Bonchev–Trinajstić information content (AvgIpc) is 2.97. The van der Waals surface area contributed by atoms with Gasteiger partial charge in [-0.3, -0.25) is 9.59 Å². The second-order valence-electron chi connectivity index (χ2n) is 9.87. The van der Waals surface area contributed by atoms with Crippen LogP contribution in [0.4, 0.5) is 0 Å². The van der Waals surface area contributed by atoms with Crippen LogP contribution in [-0.4, -0.2) is 69.0 Å². The SMILES string of the molecule is C[C@H](Cl)C(=O)Oc1ccc(/C=N\NC(=O)COc2cc(S(=O)(=O)[O-])c3ccc4c(S(=O)(=O)[O-])cc(S(=O)(=O)[O-])c5ccc2c3c54)cc1.[Na+].[Na+].[Na+]. The van der Waals surface area contributed by atoms with Crippen LogP contribution in [0.5, 0.6) is 11.5 Å². The Bertz CT molecular complexity index is 2410. The molecule has 246 valence electrons. The van der Waals surface area contributed by atoms with E-state index in [0.717, 1.165) is 24.3 Å². The number of benzene rings is 5. The molecule has 50 heavy (non-hydrogen) atoms. The molecule has 1 atom stereocenters. The van der Waals surface area contributed by atoms with E-state index in [1.165, 1.54) is 43.5 Å². The van der Waals surface area contributed by atoms with Gasteiger partial charge in [0, 0.05) is 32.3 Å². The van der Waals surface area contributed by atoms with E-state index in [9.17, 15) is 48.5 Å². The molecule has 0 saturated heterocycles. The minimum Gasteiger partial charge on any atom is -0.744 e. The van der Waals surface area contributed by atoms with Gasteiger partial charge in [0.05, 0.1) is 20.9 Å². The smallest absolute Gasteiger partial charge is 0.744 e. The number of amides is 1. The number of alkyl halides is 1. The van der Waals surface area contributed by atoms with Crippen LogP contribution >= 0.6 is 11.6 Å². The van der Waals surface area contributed by atoms with Crippen LogP contribution < -0.4 is 104 Å². The molecule has 0 fully saturated rings. The minimum absolute atomic E-state index is 0. The van der Waals surface area contributed by atoms with Crippen molar-refractivity contribution in [3.63, 3.8) is 0 Å². The largest absolute Gasteiger partial charge is 1.00 e. The zero-order chi connectivity index (χ0) is 34.5. The van der Waals surface area contributed by atoms with Gasteiger partial charge in [-0.05, 0) is 55.0 Å². The average molecular weight is 791 g/mol. The van der Waals surface area contributed by atoms with E-state index in [1.807, 2.05) is 0 Å². The summed E-state index contributed by atoms with van der Waals surface area (Å²) in [4.78, 5) is 21.1. The third kappa shape index (κ3) is 9.75. The van der Waals surface area contributed by atoms with Gasteiger partial charge in [0.25, 0.3) is 5.91 Å². The number of hydrogen-bond donors (Lipinski definition) is 1. The normalized spacial score (nSPS) is 12.6. The second kappa shape index (κ2) is 17.1. The van der Waals surface area contributed by atoms with Crippen molar-refractivity contribution in [2.45, 2.75) is 27.0 Å². The monoisotopic (exact) mass is 790 g/mol. The van der Waals surface area contributed by atoms with Crippen molar-refractivity contribution in [1.29, 1.82) is 0 Å². The van der Waals surface area contributed by atoms with Gasteiger partial charge >= 0.3 is 94.6 Å². The van der Waals surface area contributed by atoms with E-state index in [4.69, 9.17) is 21.1 Å². The maximum absolute atomic E-state index is 12.5. The van der Waals surface area contributed by atoms with Crippen molar-refractivity contribution in [2.75, 3.05) is 6.61 Å². The molecule has 0 unspecified atom stereocenters. The van der Waals surface area contributed by atoms with E-state index < -0.39 is 68.9 Å². The predicted octanol–water partition coefficient (Wildman–Crippen LogP) is -6.63. The predicted molar refractivity (Wildman–Crippen MR) is 163 cm³/mol. The fourth-order valence-corrected chi connectivity index (χ4v) is 6.99. The molecule has 1 N–H and O–H groups in total. The summed E-state index contributed by atoms with van der Waals surface area (Å²) in [7, 11) is -16.0. The standard InChI is InChI=1S/C28H21ClN2O13S3.3Na/c1-14(29)28(33)44-16-4-2-15(3-5-16)12-30-31-25(32)13-43-21-10-22(45(34,35)36)18-8-9-20-24(47(40,41)42)11-23(46(37,38)39)19-7-6-17(21)26(18)27(19)20;;;/h2-12,14H,13H2,1H3,(H,31,32)(H,34,35,36)(H,37,38,39)(H,40,41,42);;;/q;3*+1/p-3/b30-12-;;;/t14-;;;/m0.../s1. The van der Waals surface area contributed by atoms with Crippen LogP contribution in [0.15, 0.2) is 80.5 Å². The molecule has 15 nitrogen and oxygen atoms in total. The van der Waals surface area contributed by atoms with Gasteiger partial charge in [-0.25, -0.2) is 30.7 Å². The number of nitrogens with one attached hydrogen (secondary N) is 1. The summed E-state index contributed by atoms with van der Waals surface area (Å²) in [5, 5.41) is 1.40. The molecule has 0 bridgehead atoms. The minimum atomic E-state index is -5.38. The van der Waals surface area contributed by atoms with E-state index >= 15 is 0 Å². The number of hydrazone groups is 1. The number of esters is 1. The van der Waals surface area contributed by atoms with Crippen LogP contribution in [0.3, 0.4) is 0 Å². The Labute approximate surface area is 356 Å². The molecular formula is C28H18ClN2Na3O13S3. The van der Waals surface area contributed by atoms with Crippen LogP contribution in [0.2, 0.25) is 0 Å². The first-order valence-corrected chi connectivity index (χ1v) is 17.6. The molecule has 0 radical (unpaired) electrons. The van der Waals surface area contributed by atoms with Gasteiger partial charge in [-0.1, -0.05) is 18.2 Å². The number of hydrogen-bond acceptors (Lipinski definition) is 14. The van der Waals surface area contributed by atoms with Gasteiger partial charge in [0.2, 0.25) is 0 Å². The van der Waals surface area contributed by atoms with Gasteiger partial charge < -0.3 is 23.1 Å². The van der Waals surface area contributed by atoms with E-state index in [1.54, 1.807) is 0 Å². The number of carbonyl (C=O) groups is 2. The molecule has 0 spiro atoms. The summed E-state index contributed by atoms with van der Waals surface area (Å²) in [5.74, 6) is -1.63. The Hall–Kier alpha value is -1.43. The van der Waals surface area contributed by atoms with Gasteiger partial charge in [0.15, 0.2) is 6.61 Å². The fourth-order valence-electron chi connectivity index (χ4n) is 4.78. The molecule has 0 aliphatic heterocycles. The van der Waals surface area contributed by atoms with Crippen LogP contribution in [-0.2, 0) is 39.9 Å². The van der Waals surface area contributed by atoms with E-state index in [-0.39, 0.29) is 132 Å². The summed E-state index contributed by atoms with van der Waals surface area (Å²) in [5.41, 5.74) is 2.66. The summed E-state index contributed by atoms with van der Waals surface area (Å²) < 4.78 is 120. The zero-order valence-corrected chi connectivity index (χ0v) is 35.7. The molecule has 0 aromatic heterocycles. The van der Waals surface area contributed by atoms with Gasteiger partial charge in [-0.15, -0.1) is 11.6 Å². The third-order valence-corrected chi connectivity index (χ3v) is 9.55. The van der Waals surface area contributed by atoms with Gasteiger partial charge in [-0.2, -0.15) is 5.10 Å². The first kappa shape index (κ1) is 44.7. The molecule has 0 heterocycles. The Kier molecular flexibility index (Phi) is 15.3. The Morgan fingerprint density at radius 3 is 1.66 bits per heavy atom. The topological polar surface area (TPSA) is 249 Å². The molecular weight excluding hydrogens is 773 g/mol. The molecule has 22 heteroatoms. The van der Waals surface area contributed by atoms with Gasteiger partial charge in [0.1, 0.15) is 47.2 Å². The first-order valence-electron chi connectivity index (χ1n) is 12.9. The Balaban J connectivity index is 0.00000289. The summed E-state index contributed by atoms with van der Waals surface area (Å²) >= 11 is 5.66. The number of nitrogens with zero attached hydrogens (tertiary/aromatic N) is 1. The molecule has 0 aliphatic carbocycles. The van der Waals surface area contributed by atoms with Crippen molar-refractivity contribution in [3.05, 3.63) is 66.2 Å². The molecule has 5 rings (SSSR count). The van der Waals surface area contributed by atoms with Crippen LogP contribution in [0.1, 0.15) is 12.5 Å². The Morgan fingerprint density at radius 1 is 0.760 bits per heavy atom. The second-order valence-corrected chi connectivity index (χ2v) is 14.6. The maximum atomic E-state index is 12.5. The van der Waals surface area contributed by atoms with Crippen molar-refractivity contribution in [2.24, 2.45) is 5.10 Å². The maximum Gasteiger partial charge on any atom is 1.00 e. The van der Waals surface area contributed by atoms with Crippen LogP contribution in [0.25, 0.3) is 32.3 Å². The molecule has 5 aromatic rings. The summed E-state index contributed by atoms with van der Waals surface area (Å²) in [6.07, 6.45) is 1.25. The first-order chi connectivity index (χ1) is 21.9. The van der Waals surface area contributed by atoms with Crippen molar-refractivity contribution < 1.29 is 147 Å². The third-order valence-electron chi connectivity index (χ3n) is 6.74. The summed E-state index contributed by atoms with van der Waals surface area (Å²) in [6, 6.07) is 11.6. The molecule has 1 amide bonds.